The van der Waals surface area contributed by atoms with Gasteiger partial charge in [0.25, 0.3) is 0 Å². The van der Waals surface area contributed by atoms with Crippen molar-refractivity contribution in [1.29, 1.82) is 0 Å². The first-order valence-corrected chi connectivity index (χ1v) is 15.5. The lowest BCUT2D eigenvalue weighted by Gasteiger charge is -2.32. The number of ether oxygens (including phenoxy) is 1. The average Bonchev–Trinajstić information content (AvgIpc) is 2.94. The van der Waals surface area contributed by atoms with E-state index in [1.54, 1.807) is 36.4 Å². The van der Waals surface area contributed by atoms with Crippen LogP contribution in [0.1, 0.15) is 37.8 Å². The average molecular weight is 584 g/mol. The Balaban J connectivity index is 1.87. The molecular formula is C31H38FN3O5S. The molecule has 0 aliphatic rings. The lowest BCUT2D eigenvalue weighted by molar-refractivity contribution is -0.141. The van der Waals surface area contributed by atoms with Crippen LogP contribution in [-0.2, 0) is 32.6 Å². The summed E-state index contributed by atoms with van der Waals surface area (Å²) in [5.74, 6) is -0.573. The van der Waals surface area contributed by atoms with Crippen LogP contribution in [0.25, 0.3) is 0 Å². The number of carbonyl (C=O) groups excluding carboxylic acids is 2. The normalized spacial score (nSPS) is 11.9. The number of nitrogens with one attached hydrogen (secondary N) is 1. The first kappa shape index (κ1) is 31.6. The number of nitrogens with zero attached hydrogens (tertiary/aromatic N) is 2. The SMILES string of the molecule is CCNC(=O)[C@H](Cc1ccccc1)N(Cc1ccc(F)cc1)C(=O)CCCN(c1ccccc1OCC)S(C)(=O)=O. The van der Waals surface area contributed by atoms with Gasteiger partial charge in [0, 0.05) is 32.5 Å². The van der Waals surface area contributed by atoms with Crippen LogP contribution in [-0.4, -0.2) is 57.1 Å². The minimum Gasteiger partial charge on any atom is -0.492 e. The van der Waals surface area contributed by atoms with Gasteiger partial charge in [-0.3, -0.25) is 13.9 Å². The third kappa shape index (κ3) is 9.31. The predicted octanol–water partition coefficient (Wildman–Crippen LogP) is 4.55. The van der Waals surface area contributed by atoms with Crippen LogP contribution >= 0.6 is 0 Å². The monoisotopic (exact) mass is 583 g/mol. The smallest absolute Gasteiger partial charge is 0.243 e. The van der Waals surface area contributed by atoms with E-state index in [1.807, 2.05) is 44.2 Å². The van der Waals surface area contributed by atoms with Crippen molar-refractivity contribution in [2.45, 2.75) is 45.7 Å². The van der Waals surface area contributed by atoms with Crippen LogP contribution in [0.5, 0.6) is 5.75 Å². The fourth-order valence-electron chi connectivity index (χ4n) is 4.56. The van der Waals surface area contributed by atoms with E-state index in [4.69, 9.17) is 4.74 Å². The first-order chi connectivity index (χ1) is 19.6. The maximum Gasteiger partial charge on any atom is 0.243 e. The zero-order valence-corrected chi connectivity index (χ0v) is 24.6. The van der Waals surface area contributed by atoms with Gasteiger partial charge in [-0.15, -0.1) is 0 Å². The van der Waals surface area contributed by atoms with Crippen molar-refractivity contribution >= 4 is 27.5 Å². The highest BCUT2D eigenvalue weighted by molar-refractivity contribution is 7.92. The Kier molecular flexibility index (Phi) is 11.7. The van der Waals surface area contributed by atoms with Gasteiger partial charge in [-0.1, -0.05) is 54.6 Å². The van der Waals surface area contributed by atoms with E-state index in [1.165, 1.54) is 21.3 Å². The molecule has 0 heterocycles. The number of rotatable bonds is 15. The van der Waals surface area contributed by atoms with Gasteiger partial charge in [-0.2, -0.15) is 0 Å². The highest BCUT2D eigenvalue weighted by Crippen LogP contribution is 2.30. The Morgan fingerprint density at radius 2 is 1.59 bits per heavy atom. The van der Waals surface area contributed by atoms with Gasteiger partial charge in [-0.25, -0.2) is 12.8 Å². The van der Waals surface area contributed by atoms with E-state index >= 15 is 0 Å². The van der Waals surface area contributed by atoms with Crippen LogP contribution in [0.2, 0.25) is 0 Å². The van der Waals surface area contributed by atoms with Gasteiger partial charge in [0.2, 0.25) is 21.8 Å². The number of anilines is 1. The highest BCUT2D eigenvalue weighted by Gasteiger charge is 2.30. The van der Waals surface area contributed by atoms with Gasteiger partial charge in [0.15, 0.2) is 0 Å². The van der Waals surface area contributed by atoms with Gasteiger partial charge in [-0.05, 0) is 55.7 Å². The third-order valence-corrected chi connectivity index (χ3v) is 7.65. The third-order valence-electron chi connectivity index (χ3n) is 6.47. The summed E-state index contributed by atoms with van der Waals surface area (Å²) in [5, 5.41) is 2.84. The van der Waals surface area contributed by atoms with Crippen LogP contribution in [0.3, 0.4) is 0 Å². The minimum absolute atomic E-state index is 0.00525. The van der Waals surface area contributed by atoms with Crippen molar-refractivity contribution in [3.63, 3.8) is 0 Å². The predicted molar refractivity (Wildman–Crippen MR) is 159 cm³/mol. The molecule has 0 aromatic heterocycles. The second kappa shape index (κ2) is 15.2. The summed E-state index contributed by atoms with van der Waals surface area (Å²) >= 11 is 0. The second-order valence-electron chi connectivity index (χ2n) is 9.59. The second-order valence-corrected chi connectivity index (χ2v) is 11.5. The number of para-hydroxylation sites is 2. The molecule has 0 unspecified atom stereocenters. The molecule has 3 aromatic carbocycles. The summed E-state index contributed by atoms with van der Waals surface area (Å²) < 4.78 is 45.9. The molecule has 0 aliphatic carbocycles. The number of halogens is 1. The molecule has 3 aromatic rings. The Labute approximate surface area is 242 Å². The summed E-state index contributed by atoms with van der Waals surface area (Å²) in [6, 6.07) is 21.3. The van der Waals surface area contributed by atoms with Crippen molar-refractivity contribution in [1.82, 2.24) is 10.2 Å². The van der Waals surface area contributed by atoms with Crippen molar-refractivity contribution in [2.75, 3.05) is 30.3 Å². The van der Waals surface area contributed by atoms with Crippen molar-refractivity contribution in [3.8, 4) is 5.75 Å². The molecule has 1 N–H and O–H groups in total. The lowest BCUT2D eigenvalue weighted by atomic mass is 10.0. The Hall–Kier alpha value is -3.92. The van der Waals surface area contributed by atoms with Crippen LogP contribution in [0, 0.1) is 5.82 Å². The first-order valence-electron chi connectivity index (χ1n) is 13.7. The van der Waals surface area contributed by atoms with E-state index < -0.39 is 21.9 Å². The molecule has 0 fully saturated rings. The maximum atomic E-state index is 13.8. The maximum absolute atomic E-state index is 13.8. The summed E-state index contributed by atoms with van der Waals surface area (Å²) in [6.45, 7) is 4.53. The molecule has 0 bridgehead atoms. The van der Waals surface area contributed by atoms with Crippen molar-refractivity contribution in [3.05, 3.63) is 95.8 Å². The number of carbonyl (C=O) groups is 2. The van der Waals surface area contributed by atoms with E-state index in [0.717, 1.165) is 11.8 Å². The largest absolute Gasteiger partial charge is 0.492 e. The quantitative estimate of drug-likeness (QED) is 0.283. The number of sulfonamides is 1. The van der Waals surface area contributed by atoms with E-state index in [-0.39, 0.29) is 44.2 Å². The number of likely N-dealkylation sites (N-methyl/N-ethyl adjacent to an activating group) is 1. The molecule has 0 radical (unpaired) electrons. The number of hydrogen-bond acceptors (Lipinski definition) is 5. The molecule has 1 atom stereocenters. The number of amides is 2. The Morgan fingerprint density at radius 3 is 2.22 bits per heavy atom. The van der Waals surface area contributed by atoms with Gasteiger partial charge in [0.1, 0.15) is 17.6 Å². The molecule has 0 saturated carbocycles. The molecule has 2 amide bonds. The summed E-state index contributed by atoms with van der Waals surface area (Å²) in [5.41, 5.74) is 1.96. The van der Waals surface area contributed by atoms with Gasteiger partial charge >= 0.3 is 0 Å². The molecule has 3 rings (SSSR count). The fraction of sp³-hybridized carbons (Fsp3) is 0.355. The molecule has 220 valence electrons. The van der Waals surface area contributed by atoms with Crippen LogP contribution in [0.15, 0.2) is 78.9 Å². The zero-order valence-electron chi connectivity index (χ0n) is 23.8. The van der Waals surface area contributed by atoms with Crippen molar-refractivity contribution in [2.24, 2.45) is 0 Å². The Bertz CT molecular complexity index is 1380. The highest BCUT2D eigenvalue weighted by atomic mass is 32.2. The molecule has 0 aliphatic heterocycles. The van der Waals surface area contributed by atoms with E-state index in [2.05, 4.69) is 5.32 Å². The topological polar surface area (TPSA) is 96.0 Å². The van der Waals surface area contributed by atoms with E-state index in [0.29, 0.717) is 30.2 Å². The molecule has 0 spiro atoms. The van der Waals surface area contributed by atoms with Crippen LogP contribution < -0.4 is 14.4 Å². The summed E-state index contributed by atoms with van der Waals surface area (Å²) in [6.07, 6.45) is 1.61. The molecule has 8 nitrogen and oxygen atoms in total. The Morgan fingerprint density at radius 1 is 0.927 bits per heavy atom. The van der Waals surface area contributed by atoms with Gasteiger partial charge in [0.05, 0.1) is 18.6 Å². The molecular weight excluding hydrogens is 545 g/mol. The summed E-state index contributed by atoms with van der Waals surface area (Å²) in [7, 11) is -3.68. The lowest BCUT2D eigenvalue weighted by Crippen LogP contribution is -2.50. The zero-order chi connectivity index (χ0) is 29.8. The molecule has 41 heavy (non-hydrogen) atoms. The minimum atomic E-state index is -3.68. The van der Waals surface area contributed by atoms with Gasteiger partial charge < -0.3 is 15.0 Å². The standard InChI is InChI=1S/C31H38FN3O5S/c1-4-33-31(37)28(22-24-12-7-6-8-13-24)34(23-25-17-19-26(32)20-18-25)30(36)16-11-21-35(41(3,38)39)27-14-9-10-15-29(27)40-5-2/h6-10,12-15,17-20,28H,4-5,11,16,21-23H2,1-3H3,(H,33,37)/t28-/m0/s1. The number of benzene rings is 3. The number of hydrogen-bond donors (Lipinski definition) is 1. The van der Waals surface area contributed by atoms with Crippen molar-refractivity contribution < 1.29 is 27.1 Å². The van der Waals surface area contributed by atoms with E-state index in [9.17, 15) is 22.4 Å². The fourth-order valence-corrected chi connectivity index (χ4v) is 5.52. The molecule has 0 saturated heterocycles. The molecule has 10 heteroatoms. The summed E-state index contributed by atoms with van der Waals surface area (Å²) in [4.78, 5) is 28.5. The van der Waals surface area contributed by atoms with Crippen LogP contribution in [0.4, 0.5) is 10.1 Å².